The van der Waals surface area contributed by atoms with Gasteiger partial charge in [-0.15, -0.1) is 0 Å². The molecule has 0 spiro atoms. The van der Waals surface area contributed by atoms with Crippen molar-refractivity contribution in [2.75, 3.05) is 5.32 Å². The van der Waals surface area contributed by atoms with Gasteiger partial charge < -0.3 is 10.4 Å². The van der Waals surface area contributed by atoms with Crippen LogP contribution in [0.2, 0.25) is 0 Å². The molecule has 1 aromatic rings. The minimum atomic E-state index is -1.04. The summed E-state index contributed by atoms with van der Waals surface area (Å²) >= 11 is 1.50. The van der Waals surface area contributed by atoms with E-state index in [1.165, 1.54) is 11.8 Å². The van der Waals surface area contributed by atoms with Gasteiger partial charge in [0.25, 0.3) is 0 Å². The number of ketones is 1. The van der Waals surface area contributed by atoms with Gasteiger partial charge in [0.1, 0.15) is 5.78 Å². The van der Waals surface area contributed by atoms with Gasteiger partial charge >= 0.3 is 0 Å². The number of aliphatic imine (C=N–C) groups is 1. The minimum Gasteiger partial charge on any atom is -0.368 e. The highest BCUT2D eigenvalue weighted by molar-refractivity contribution is 8.15. The third kappa shape index (κ3) is 3.36. The first-order chi connectivity index (χ1) is 8.88. The molecule has 0 amide bonds. The Morgan fingerprint density at radius 1 is 1.53 bits per heavy atom. The lowest BCUT2D eigenvalue weighted by molar-refractivity contribution is -0.116. The van der Waals surface area contributed by atoms with Crippen LogP contribution in [0.25, 0.3) is 0 Å². The first-order valence-corrected chi connectivity index (χ1v) is 7.09. The first-order valence-electron chi connectivity index (χ1n) is 6.22. The molecule has 2 rings (SSSR count). The van der Waals surface area contributed by atoms with Crippen molar-refractivity contribution in [3.05, 3.63) is 29.8 Å². The zero-order valence-electron chi connectivity index (χ0n) is 11.3. The van der Waals surface area contributed by atoms with Crippen molar-refractivity contribution in [1.29, 1.82) is 0 Å². The third-order valence-corrected chi connectivity index (χ3v) is 4.30. The van der Waals surface area contributed by atoms with Gasteiger partial charge in [-0.3, -0.25) is 4.79 Å². The summed E-state index contributed by atoms with van der Waals surface area (Å²) in [5.41, 5.74) is 0.772. The van der Waals surface area contributed by atoms with Crippen LogP contribution in [0.15, 0.2) is 29.3 Å². The molecule has 0 aliphatic carbocycles. The number of amidine groups is 1. The van der Waals surface area contributed by atoms with Crippen LogP contribution in [0, 0.1) is 0 Å². The Hall–Kier alpha value is -1.33. The molecule has 1 aliphatic heterocycles. The summed E-state index contributed by atoms with van der Waals surface area (Å²) in [5, 5.41) is 13.9. The Bertz CT molecular complexity index is 526. The van der Waals surface area contributed by atoms with E-state index in [9.17, 15) is 9.90 Å². The standard InChI is InChI=1S/C14H18N2O2S/c1-9(17)8-11-6-4-5-7-12(11)15-13-16-14(3,18)10(2)19-13/h4-7,10,18H,8H2,1-3H3,(H,15,16). The van der Waals surface area contributed by atoms with Crippen molar-refractivity contribution in [1.82, 2.24) is 0 Å². The Balaban J connectivity index is 2.18. The minimum absolute atomic E-state index is 0.00923. The zero-order chi connectivity index (χ0) is 14.0. The van der Waals surface area contributed by atoms with E-state index in [-0.39, 0.29) is 11.0 Å². The van der Waals surface area contributed by atoms with Crippen LogP contribution in [-0.4, -0.2) is 27.0 Å². The highest BCUT2D eigenvalue weighted by atomic mass is 32.2. The molecule has 2 atom stereocenters. The molecule has 0 fully saturated rings. The van der Waals surface area contributed by atoms with E-state index in [0.717, 1.165) is 11.3 Å². The SMILES string of the molecule is CC(=O)Cc1ccccc1NC1=NC(C)(O)C(C)S1. The lowest BCUT2D eigenvalue weighted by atomic mass is 10.1. The predicted octanol–water partition coefficient (Wildman–Crippen LogP) is 2.43. The van der Waals surface area contributed by atoms with Gasteiger partial charge in [-0.2, -0.15) is 0 Å². The molecule has 4 nitrogen and oxygen atoms in total. The summed E-state index contributed by atoms with van der Waals surface area (Å²) in [6, 6.07) is 7.66. The van der Waals surface area contributed by atoms with Gasteiger partial charge in [-0.05, 0) is 32.4 Å². The molecule has 19 heavy (non-hydrogen) atoms. The number of benzene rings is 1. The molecule has 1 aromatic carbocycles. The van der Waals surface area contributed by atoms with Crippen molar-refractivity contribution in [2.45, 2.75) is 38.2 Å². The number of rotatable bonds is 3. The van der Waals surface area contributed by atoms with Crippen LogP contribution < -0.4 is 5.32 Å². The maximum absolute atomic E-state index is 11.3. The quantitative estimate of drug-likeness (QED) is 0.891. The number of hydrogen-bond donors (Lipinski definition) is 2. The number of hydrogen-bond acceptors (Lipinski definition) is 5. The number of carbonyl (C=O) groups excluding carboxylic acids is 1. The van der Waals surface area contributed by atoms with Gasteiger partial charge in [0.2, 0.25) is 0 Å². The molecule has 0 saturated carbocycles. The fraction of sp³-hybridized carbons (Fsp3) is 0.429. The topological polar surface area (TPSA) is 61.7 Å². The second kappa shape index (κ2) is 5.35. The normalized spacial score (nSPS) is 26.1. The van der Waals surface area contributed by atoms with Crippen molar-refractivity contribution < 1.29 is 9.90 Å². The summed E-state index contributed by atoms with van der Waals surface area (Å²) < 4.78 is 0. The fourth-order valence-corrected chi connectivity index (χ4v) is 2.86. The number of thioether (sulfide) groups is 1. The zero-order valence-corrected chi connectivity index (χ0v) is 12.1. The summed E-state index contributed by atoms with van der Waals surface area (Å²) in [4.78, 5) is 15.5. The maximum atomic E-state index is 11.3. The molecule has 0 bridgehead atoms. The van der Waals surface area contributed by atoms with E-state index in [1.807, 2.05) is 31.2 Å². The molecule has 102 valence electrons. The predicted molar refractivity (Wildman–Crippen MR) is 79.6 cm³/mol. The lowest BCUT2D eigenvalue weighted by Crippen LogP contribution is -2.28. The Labute approximate surface area is 117 Å². The van der Waals surface area contributed by atoms with E-state index in [1.54, 1.807) is 13.8 Å². The van der Waals surface area contributed by atoms with E-state index < -0.39 is 5.72 Å². The van der Waals surface area contributed by atoms with Crippen LogP contribution in [-0.2, 0) is 11.2 Å². The average molecular weight is 278 g/mol. The molecule has 2 unspecified atom stereocenters. The fourth-order valence-electron chi connectivity index (χ4n) is 1.84. The Morgan fingerprint density at radius 2 is 2.21 bits per heavy atom. The number of aliphatic hydroxyl groups is 1. The highest BCUT2D eigenvalue weighted by Crippen LogP contribution is 2.34. The smallest absolute Gasteiger partial charge is 0.168 e. The van der Waals surface area contributed by atoms with Gasteiger partial charge in [0, 0.05) is 12.1 Å². The maximum Gasteiger partial charge on any atom is 0.168 e. The molecule has 2 N–H and O–H groups in total. The highest BCUT2D eigenvalue weighted by Gasteiger charge is 2.36. The van der Waals surface area contributed by atoms with Crippen molar-refractivity contribution in [3.63, 3.8) is 0 Å². The number of carbonyl (C=O) groups is 1. The molecule has 0 saturated heterocycles. The van der Waals surface area contributed by atoms with E-state index >= 15 is 0 Å². The summed E-state index contributed by atoms with van der Waals surface area (Å²) in [5.74, 6) is 0.121. The second-order valence-corrected chi connectivity index (χ2v) is 6.26. The molecular formula is C14H18N2O2S. The van der Waals surface area contributed by atoms with Crippen molar-refractivity contribution >= 4 is 28.4 Å². The molecule has 1 aliphatic rings. The molecule has 0 aromatic heterocycles. The number of anilines is 1. The van der Waals surface area contributed by atoms with E-state index in [4.69, 9.17) is 0 Å². The van der Waals surface area contributed by atoms with Crippen LogP contribution in [0.4, 0.5) is 5.69 Å². The first kappa shape index (κ1) is 14.1. The summed E-state index contributed by atoms with van der Waals surface area (Å²) in [6.45, 7) is 5.20. The molecule has 5 heteroatoms. The number of nitrogens with zero attached hydrogens (tertiary/aromatic N) is 1. The van der Waals surface area contributed by atoms with E-state index in [0.29, 0.717) is 11.6 Å². The Morgan fingerprint density at radius 3 is 2.79 bits per heavy atom. The number of para-hydroxylation sites is 1. The van der Waals surface area contributed by atoms with Gasteiger partial charge in [0.15, 0.2) is 10.9 Å². The Kier molecular flexibility index (Phi) is 3.96. The molecule has 0 radical (unpaired) electrons. The van der Waals surface area contributed by atoms with Gasteiger partial charge in [-0.1, -0.05) is 30.0 Å². The van der Waals surface area contributed by atoms with Crippen LogP contribution in [0.3, 0.4) is 0 Å². The average Bonchev–Trinajstić information content (AvgIpc) is 2.54. The third-order valence-electron chi connectivity index (χ3n) is 3.08. The summed E-state index contributed by atoms with van der Waals surface area (Å²) in [7, 11) is 0. The largest absolute Gasteiger partial charge is 0.368 e. The van der Waals surface area contributed by atoms with Crippen molar-refractivity contribution in [3.8, 4) is 0 Å². The van der Waals surface area contributed by atoms with Crippen molar-refractivity contribution in [2.24, 2.45) is 4.99 Å². The van der Waals surface area contributed by atoms with E-state index in [2.05, 4.69) is 10.3 Å². The molecular weight excluding hydrogens is 260 g/mol. The monoisotopic (exact) mass is 278 g/mol. The second-order valence-electron chi connectivity index (χ2n) is 4.93. The lowest BCUT2D eigenvalue weighted by Gasteiger charge is -2.16. The summed E-state index contributed by atoms with van der Waals surface area (Å²) in [6.07, 6.45) is 0.396. The van der Waals surface area contributed by atoms with Crippen LogP contribution in [0.1, 0.15) is 26.3 Å². The van der Waals surface area contributed by atoms with Crippen LogP contribution >= 0.6 is 11.8 Å². The number of Topliss-reactive ketones (excluding diaryl/α,β-unsaturated/α-hetero) is 1. The van der Waals surface area contributed by atoms with Gasteiger partial charge in [0.05, 0.1) is 5.25 Å². The molecule has 1 heterocycles. The van der Waals surface area contributed by atoms with Gasteiger partial charge in [-0.25, -0.2) is 4.99 Å². The van der Waals surface area contributed by atoms with Crippen LogP contribution in [0.5, 0.6) is 0 Å². The number of nitrogens with one attached hydrogen (secondary N) is 1.